The third-order valence-electron chi connectivity index (χ3n) is 6.69. The summed E-state index contributed by atoms with van der Waals surface area (Å²) < 4.78 is 56.8. The highest BCUT2D eigenvalue weighted by atomic mass is 32.2. The minimum absolute atomic E-state index is 0.146. The largest absolute Gasteiger partial charge is 0.317 e. The molecule has 168 valence electrons. The molecule has 3 aliphatic rings. The quantitative estimate of drug-likeness (QED) is 0.749. The van der Waals surface area contributed by atoms with E-state index in [-0.39, 0.29) is 6.42 Å². The van der Waals surface area contributed by atoms with Crippen molar-refractivity contribution in [2.45, 2.75) is 37.0 Å². The predicted molar refractivity (Wildman–Crippen MR) is 115 cm³/mol. The summed E-state index contributed by atoms with van der Waals surface area (Å²) in [5.74, 6) is -2.46. The lowest BCUT2D eigenvalue weighted by Crippen LogP contribution is -2.53. The van der Waals surface area contributed by atoms with Gasteiger partial charge in [0.25, 0.3) is 0 Å². The number of hydrazone groups is 1. The predicted octanol–water partition coefficient (Wildman–Crippen LogP) is 3.07. The van der Waals surface area contributed by atoms with Gasteiger partial charge in [0.2, 0.25) is 15.7 Å². The van der Waals surface area contributed by atoms with Gasteiger partial charge in [-0.05, 0) is 74.5 Å². The number of rotatable bonds is 2. The van der Waals surface area contributed by atoms with Crippen LogP contribution in [0.3, 0.4) is 0 Å². The lowest BCUT2D eigenvalue weighted by atomic mass is 9.85. The van der Waals surface area contributed by atoms with Gasteiger partial charge in [-0.15, -0.1) is 0 Å². The Hall–Kier alpha value is -2.65. The SMILES string of the molecule is O=C(C1CCNCC1)N1N=C(c2cc(F)ccc2F)S(=O)(=O)C12CCCc1ccccc12. The number of hydrogen-bond donors (Lipinski definition) is 1. The van der Waals surface area contributed by atoms with Crippen molar-refractivity contribution in [1.29, 1.82) is 0 Å². The molecule has 1 amide bonds. The van der Waals surface area contributed by atoms with Crippen LogP contribution in [0.4, 0.5) is 8.78 Å². The lowest BCUT2D eigenvalue weighted by molar-refractivity contribution is -0.140. The highest BCUT2D eigenvalue weighted by Gasteiger charge is 2.62. The number of nitrogens with one attached hydrogen (secondary N) is 1. The standard InChI is InChI=1S/C23H23F2N3O3S/c24-17-7-8-20(25)18(14-17)21-27-28(22(29)16-9-12-26-13-10-16)23(32(21,30)31)11-3-5-15-4-1-2-6-19(15)23/h1-2,4,6-8,14,16,26H,3,5,9-13H2. The summed E-state index contributed by atoms with van der Waals surface area (Å²) in [5.41, 5.74) is 0.860. The van der Waals surface area contributed by atoms with Crippen molar-refractivity contribution in [2.24, 2.45) is 11.0 Å². The second-order valence-corrected chi connectivity index (χ2v) is 10.6. The summed E-state index contributed by atoms with van der Waals surface area (Å²) in [6, 6.07) is 9.73. The summed E-state index contributed by atoms with van der Waals surface area (Å²) >= 11 is 0. The minimum Gasteiger partial charge on any atom is -0.317 e. The zero-order valence-corrected chi connectivity index (χ0v) is 18.2. The fraction of sp³-hybridized carbons (Fsp3) is 0.391. The molecular weight excluding hydrogens is 436 g/mol. The summed E-state index contributed by atoms with van der Waals surface area (Å²) in [5, 5.41) is 7.93. The Morgan fingerprint density at radius 3 is 2.66 bits per heavy atom. The topological polar surface area (TPSA) is 78.8 Å². The van der Waals surface area contributed by atoms with Gasteiger partial charge in [0.1, 0.15) is 11.6 Å². The number of aryl methyl sites for hydroxylation is 1. The fourth-order valence-corrected chi connectivity index (χ4v) is 7.31. The van der Waals surface area contributed by atoms with Crippen LogP contribution in [0, 0.1) is 17.6 Å². The van der Waals surface area contributed by atoms with Crippen LogP contribution in [0.5, 0.6) is 0 Å². The molecule has 2 aromatic rings. The second-order valence-electron chi connectivity index (χ2n) is 8.50. The Bertz CT molecular complexity index is 1220. The Morgan fingerprint density at radius 2 is 1.88 bits per heavy atom. The Labute approximate surface area is 185 Å². The van der Waals surface area contributed by atoms with E-state index in [1.165, 1.54) is 0 Å². The Balaban J connectivity index is 1.74. The van der Waals surface area contributed by atoms with Gasteiger partial charge in [0.15, 0.2) is 9.91 Å². The molecule has 32 heavy (non-hydrogen) atoms. The fourth-order valence-electron chi connectivity index (χ4n) is 5.10. The number of carbonyl (C=O) groups is 1. The Morgan fingerprint density at radius 1 is 1.12 bits per heavy atom. The zero-order valence-electron chi connectivity index (χ0n) is 17.4. The summed E-state index contributed by atoms with van der Waals surface area (Å²) in [6.45, 7) is 1.30. The van der Waals surface area contributed by atoms with Crippen LogP contribution in [0.15, 0.2) is 47.6 Å². The third kappa shape index (κ3) is 3.02. The molecule has 0 saturated carbocycles. The molecule has 2 aliphatic heterocycles. The number of halogens is 2. The molecule has 1 aliphatic carbocycles. The molecular formula is C23H23F2N3O3S. The molecule has 2 aromatic carbocycles. The van der Waals surface area contributed by atoms with Crippen LogP contribution in [0.1, 0.15) is 42.4 Å². The number of benzene rings is 2. The summed E-state index contributed by atoms with van der Waals surface area (Å²) in [6.07, 6.45) is 2.47. The van der Waals surface area contributed by atoms with Crippen molar-refractivity contribution in [3.63, 3.8) is 0 Å². The summed E-state index contributed by atoms with van der Waals surface area (Å²) in [4.78, 5) is 11.9. The molecule has 1 spiro atoms. The van der Waals surface area contributed by atoms with Gasteiger partial charge < -0.3 is 5.32 Å². The van der Waals surface area contributed by atoms with E-state index in [2.05, 4.69) is 10.4 Å². The molecule has 0 radical (unpaired) electrons. The molecule has 1 fully saturated rings. The summed E-state index contributed by atoms with van der Waals surface area (Å²) in [7, 11) is -4.36. The number of carbonyl (C=O) groups excluding carboxylic acids is 1. The normalized spacial score (nSPS) is 24.9. The van der Waals surface area contributed by atoms with E-state index in [1.54, 1.807) is 12.1 Å². The average molecular weight is 460 g/mol. The number of amides is 1. The molecule has 0 aromatic heterocycles. The first kappa shape index (κ1) is 21.2. The van der Waals surface area contributed by atoms with Crippen molar-refractivity contribution in [3.05, 3.63) is 70.8 Å². The highest BCUT2D eigenvalue weighted by Crippen LogP contribution is 2.50. The number of hydrogen-bond acceptors (Lipinski definition) is 5. The molecule has 0 bridgehead atoms. The molecule has 1 saturated heterocycles. The number of piperidine rings is 1. The monoisotopic (exact) mass is 459 g/mol. The van der Waals surface area contributed by atoms with Crippen molar-refractivity contribution >= 4 is 20.8 Å². The van der Waals surface area contributed by atoms with Gasteiger partial charge in [0.05, 0.1) is 5.56 Å². The van der Waals surface area contributed by atoms with Crippen LogP contribution in [0.25, 0.3) is 0 Å². The van der Waals surface area contributed by atoms with E-state index in [1.807, 2.05) is 12.1 Å². The lowest BCUT2D eigenvalue weighted by Gasteiger charge is -2.41. The maximum atomic E-state index is 14.7. The molecule has 2 heterocycles. The van der Waals surface area contributed by atoms with E-state index in [0.29, 0.717) is 44.3 Å². The van der Waals surface area contributed by atoms with Crippen LogP contribution in [-0.4, -0.2) is 37.5 Å². The smallest absolute Gasteiger partial charge is 0.247 e. The van der Waals surface area contributed by atoms with E-state index in [9.17, 15) is 22.0 Å². The van der Waals surface area contributed by atoms with Gasteiger partial charge in [-0.1, -0.05) is 24.3 Å². The maximum Gasteiger partial charge on any atom is 0.247 e. The van der Waals surface area contributed by atoms with Gasteiger partial charge in [-0.3, -0.25) is 4.79 Å². The first-order chi connectivity index (χ1) is 15.4. The number of fused-ring (bicyclic) bond motifs is 2. The highest BCUT2D eigenvalue weighted by molar-refractivity contribution is 8.08. The van der Waals surface area contributed by atoms with Gasteiger partial charge >= 0.3 is 0 Å². The second kappa shape index (κ2) is 7.74. The van der Waals surface area contributed by atoms with Crippen LogP contribution >= 0.6 is 0 Å². The van der Waals surface area contributed by atoms with E-state index in [0.717, 1.165) is 28.8 Å². The van der Waals surface area contributed by atoms with Crippen molar-refractivity contribution < 1.29 is 22.0 Å². The van der Waals surface area contributed by atoms with Crippen molar-refractivity contribution in [2.75, 3.05) is 13.1 Å². The Kier molecular flexibility index (Phi) is 5.13. The molecule has 1 unspecified atom stereocenters. The molecule has 1 atom stereocenters. The number of nitrogens with zero attached hydrogens (tertiary/aromatic N) is 2. The maximum absolute atomic E-state index is 14.7. The van der Waals surface area contributed by atoms with Crippen molar-refractivity contribution in [3.8, 4) is 0 Å². The third-order valence-corrected chi connectivity index (χ3v) is 8.98. The molecule has 6 nitrogen and oxygen atoms in total. The van der Waals surface area contributed by atoms with Gasteiger partial charge in [0, 0.05) is 5.92 Å². The zero-order chi connectivity index (χ0) is 22.5. The molecule has 9 heteroatoms. The number of sulfone groups is 1. The van der Waals surface area contributed by atoms with Crippen molar-refractivity contribution in [1.82, 2.24) is 10.3 Å². The molecule has 5 rings (SSSR count). The van der Waals surface area contributed by atoms with E-state index < -0.39 is 48.8 Å². The first-order valence-corrected chi connectivity index (χ1v) is 12.3. The van der Waals surface area contributed by atoms with E-state index >= 15 is 0 Å². The average Bonchev–Trinajstić information content (AvgIpc) is 3.03. The van der Waals surface area contributed by atoms with Crippen LogP contribution < -0.4 is 5.32 Å². The van der Waals surface area contributed by atoms with Gasteiger partial charge in [-0.2, -0.15) is 5.10 Å². The van der Waals surface area contributed by atoms with Crippen LogP contribution in [0.2, 0.25) is 0 Å². The molecule has 1 N–H and O–H groups in total. The van der Waals surface area contributed by atoms with E-state index in [4.69, 9.17) is 0 Å². The van der Waals surface area contributed by atoms with Gasteiger partial charge in [-0.25, -0.2) is 22.2 Å². The minimum atomic E-state index is -4.36. The van der Waals surface area contributed by atoms with Crippen LogP contribution in [-0.2, 0) is 25.9 Å². The first-order valence-electron chi connectivity index (χ1n) is 10.8.